The van der Waals surface area contributed by atoms with Gasteiger partial charge in [0.15, 0.2) is 0 Å². The first-order valence-electron chi connectivity index (χ1n) is 8.09. The summed E-state index contributed by atoms with van der Waals surface area (Å²) in [7, 11) is 0. The third-order valence-corrected chi connectivity index (χ3v) is 4.85. The summed E-state index contributed by atoms with van der Waals surface area (Å²) in [6.07, 6.45) is 3.35. The molecule has 0 radical (unpaired) electrons. The summed E-state index contributed by atoms with van der Waals surface area (Å²) in [5.74, 6) is 0.287. The van der Waals surface area contributed by atoms with Crippen LogP contribution in [0.3, 0.4) is 0 Å². The quantitative estimate of drug-likeness (QED) is 0.731. The molecule has 128 valence electrons. The molecule has 0 saturated carbocycles. The number of carbonyl (C=O) groups is 1. The number of benzene rings is 1. The fourth-order valence-corrected chi connectivity index (χ4v) is 3.20. The van der Waals surface area contributed by atoms with Crippen molar-refractivity contribution < 1.29 is 4.79 Å². The number of carbonyl (C=O) groups excluding carboxylic acids is 1. The molecule has 0 aliphatic heterocycles. The molecule has 25 heavy (non-hydrogen) atoms. The van der Waals surface area contributed by atoms with Crippen LogP contribution < -0.4 is 11.1 Å². The lowest BCUT2D eigenvalue weighted by Gasteiger charge is -2.08. The van der Waals surface area contributed by atoms with Gasteiger partial charge in [-0.15, -0.1) is 0 Å². The molecule has 0 saturated heterocycles. The van der Waals surface area contributed by atoms with Gasteiger partial charge in [0.05, 0.1) is 5.69 Å². The van der Waals surface area contributed by atoms with Crippen molar-refractivity contribution in [3.63, 3.8) is 0 Å². The van der Waals surface area contributed by atoms with Gasteiger partial charge in [0.1, 0.15) is 10.6 Å². The zero-order chi connectivity index (χ0) is 17.8. The Labute approximate surface area is 151 Å². The number of nitrogens with zero attached hydrogens (tertiary/aromatic N) is 2. The monoisotopic (exact) mass is 352 g/mol. The third-order valence-electron chi connectivity index (χ3n) is 3.99. The first-order chi connectivity index (χ1) is 12.1. The Morgan fingerprint density at radius 3 is 2.48 bits per heavy atom. The molecule has 0 aliphatic carbocycles. The van der Waals surface area contributed by atoms with E-state index in [1.807, 2.05) is 24.3 Å². The molecule has 3 aromatic rings. The van der Waals surface area contributed by atoms with E-state index in [2.05, 4.69) is 40.7 Å². The minimum atomic E-state index is -0.205. The van der Waals surface area contributed by atoms with Crippen molar-refractivity contribution in [2.24, 2.45) is 0 Å². The highest BCUT2D eigenvalue weighted by molar-refractivity contribution is 7.09. The van der Waals surface area contributed by atoms with E-state index in [1.165, 1.54) is 5.56 Å². The van der Waals surface area contributed by atoms with Gasteiger partial charge < -0.3 is 11.1 Å². The maximum absolute atomic E-state index is 12.4. The van der Waals surface area contributed by atoms with E-state index in [-0.39, 0.29) is 5.91 Å². The van der Waals surface area contributed by atoms with Crippen LogP contribution in [0.15, 0.2) is 48.8 Å². The third kappa shape index (κ3) is 3.85. The van der Waals surface area contributed by atoms with Gasteiger partial charge in [-0.05, 0) is 40.7 Å². The largest absolute Gasteiger partial charge is 0.396 e. The maximum atomic E-state index is 12.4. The number of rotatable bonds is 5. The Morgan fingerprint density at radius 1 is 1.16 bits per heavy atom. The Balaban J connectivity index is 1.69. The fourth-order valence-electron chi connectivity index (χ4n) is 2.46. The molecule has 3 rings (SSSR count). The zero-order valence-electron chi connectivity index (χ0n) is 14.2. The average Bonchev–Trinajstić information content (AvgIpc) is 3.02. The number of hydrogen-bond acceptors (Lipinski definition) is 5. The van der Waals surface area contributed by atoms with Gasteiger partial charge in [-0.1, -0.05) is 38.1 Å². The number of pyridine rings is 1. The topological polar surface area (TPSA) is 80.9 Å². The van der Waals surface area contributed by atoms with E-state index >= 15 is 0 Å². The van der Waals surface area contributed by atoms with Crippen LogP contribution in [0.5, 0.6) is 0 Å². The Morgan fingerprint density at radius 2 is 1.84 bits per heavy atom. The number of aromatic nitrogens is 2. The second kappa shape index (κ2) is 7.44. The number of nitrogens with two attached hydrogens (primary N) is 1. The molecule has 0 fully saturated rings. The number of amides is 1. The van der Waals surface area contributed by atoms with Crippen LogP contribution in [-0.4, -0.2) is 15.3 Å². The van der Waals surface area contributed by atoms with Crippen LogP contribution in [0.4, 0.5) is 5.69 Å². The summed E-state index contributed by atoms with van der Waals surface area (Å²) in [5.41, 5.74) is 10.3. The molecule has 0 unspecified atom stereocenters. The number of nitrogens with one attached hydrogen (secondary N) is 1. The number of nitrogen functional groups attached to an aromatic ring is 1. The zero-order valence-corrected chi connectivity index (χ0v) is 15.0. The molecule has 6 heteroatoms. The molecule has 1 aromatic carbocycles. The standard InChI is InChI=1S/C19H20N4OS/c1-12(2)14-5-3-13(4-6-14)11-22-19(24)18-16(20)17(23-25-18)15-7-9-21-10-8-15/h3-10,12H,11,20H2,1-2H3,(H,22,24). The van der Waals surface area contributed by atoms with Gasteiger partial charge in [-0.25, -0.2) is 0 Å². The van der Waals surface area contributed by atoms with Crippen molar-refractivity contribution in [2.75, 3.05) is 5.73 Å². The van der Waals surface area contributed by atoms with Gasteiger partial charge in [0.2, 0.25) is 0 Å². The molecule has 0 aliphatic rings. The second-order valence-electron chi connectivity index (χ2n) is 6.09. The molecule has 0 spiro atoms. The fraction of sp³-hybridized carbons (Fsp3) is 0.211. The van der Waals surface area contributed by atoms with Crippen LogP contribution >= 0.6 is 11.5 Å². The summed E-state index contributed by atoms with van der Waals surface area (Å²) in [6, 6.07) is 11.9. The van der Waals surface area contributed by atoms with Crippen LogP contribution in [0.2, 0.25) is 0 Å². The van der Waals surface area contributed by atoms with E-state index in [1.54, 1.807) is 12.4 Å². The van der Waals surface area contributed by atoms with E-state index in [9.17, 15) is 4.79 Å². The molecular weight excluding hydrogens is 332 g/mol. The highest BCUT2D eigenvalue weighted by Gasteiger charge is 2.18. The van der Waals surface area contributed by atoms with E-state index in [0.717, 1.165) is 22.7 Å². The van der Waals surface area contributed by atoms with Crippen LogP contribution in [0.1, 0.15) is 40.6 Å². The van der Waals surface area contributed by atoms with Gasteiger partial charge in [0, 0.05) is 24.5 Å². The molecule has 0 atom stereocenters. The van der Waals surface area contributed by atoms with Crippen molar-refractivity contribution in [1.29, 1.82) is 0 Å². The minimum Gasteiger partial charge on any atom is -0.396 e. The maximum Gasteiger partial charge on any atom is 0.265 e. The molecule has 3 N–H and O–H groups in total. The van der Waals surface area contributed by atoms with Crippen molar-refractivity contribution in [1.82, 2.24) is 14.7 Å². The first-order valence-corrected chi connectivity index (χ1v) is 8.86. The number of anilines is 1. The van der Waals surface area contributed by atoms with Gasteiger partial charge >= 0.3 is 0 Å². The van der Waals surface area contributed by atoms with Gasteiger partial charge in [0.25, 0.3) is 5.91 Å². The molecule has 0 bridgehead atoms. The van der Waals surface area contributed by atoms with Crippen LogP contribution in [-0.2, 0) is 6.54 Å². The Hall–Kier alpha value is -2.73. The van der Waals surface area contributed by atoms with E-state index in [0.29, 0.717) is 28.7 Å². The van der Waals surface area contributed by atoms with Gasteiger partial charge in [-0.3, -0.25) is 9.78 Å². The summed E-state index contributed by atoms with van der Waals surface area (Å²) in [6.45, 7) is 4.77. The minimum absolute atomic E-state index is 0.205. The van der Waals surface area contributed by atoms with Gasteiger partial charge in [-0.2, -0.15) is 4.37 Å². The summed E-state index contributed by atoms with van der Waals surface area (Å²) in [5, 5.41) is 2.91. The molecule has 2 aromatic heterocycles. The highest BCUT2D eigenvalue weighted by Crippen LogP contribution is 2.30. The lowest BCUT2D eigenvalue weighted by molar-refractivity contribution is 0.0956. The molecule has 1 amide bonds. The van der Waals surface area contributed by atoms with E-state index < -0.39 is 0 Å². The van der Waals surface area contributed by atoms with Crippen LogP contribution in [0.25, 0.3) is 11.3 Å². The molecule has 5 nitrogen and oxygen atoms in total. The van der Waals surface area contributed by atoms with Crippen molar-refractivity contribution in [3.05, 3.63) is 64.8 Å². The van der Waals surface area contributed by atoms with Crippen LogP contribution in [0, 0.1) is 0 Å². The predicted octanol–water partition coefficient (Wildman–Crippen LogP) is 3.84. The Kier molecular flexibility index (Phi) is 5.09. The average molecular weight is 352 g/mol. The lowest BCUT2D eigenvalue weighted by Crippen LogP contribution is -2.22. The van der Waals surface area contributed by atoms with E-state index in [4.69, 9.17) is 5.73 Å². The lowest BCUT2D eigenvalue weighted by atomic mass is 10.0. The Bertz CT molecular complexity index is 857. The SMILES string of the molecule is CC(C)c1ccc(CNC(=O)c2snc(-c3ccncc3)c2N)cc1. The highest BCUT2D eigenvalue weighted by atomic mass is 32.1. The smallest absolute Gasteiger partial charge is 0.265 e. The second-order valence-corrected chi connectivity index (χ2v) is 6.86. The first kappa shape index (κ1) is 17.1. The molecular formula is C19H20N4OS. The normalized spacial score (nSPS) is 10.8. The van der Waals surface area contributed by atoms with Crippen molar-refractivity contribution >= 4 is 23.1 Å². The predicted molar refractivity (Wildman–Crippen MR) is 101 cm³/mol. The van der Waals surface area contributed by atoms with Crippen molar-refractivity contribution in [3.8, 4) is 11.3 Å². The number of hydrogen-bond donors (Lipinski definition) is 2. The molecule has 2 heterocycles. The summed E-state index contributed by atoms with van der Waals surface area (Å²) < 4.78 is 4.32. The summed E-state index contributed by atoms with van der Waals surface area (Å²) in [4.78, 5) is 16.8. The summed E-state index contributed by atoms with van der Waals surface area (Å²) >= 11 is 1.11. The van der Waals surface area contributed by atoms with Crippen molar-refractivity contribution in [2.45, 2.75) is 26.3 Å².